The zero-order valence-corrected chi connectivity index (χ0v) is 20.5. The van der Waals surface area contributed by atoms with Crippen LogP contribution in [-0.2, 0) is 12.6 Å². The maximum absolute atomic E-state index is 13.5. The number of imidazole rings is 1. The van der Waals surface area contributed by atoms with Crippen molar-refractivity contribution in [3.05, 3.63) is 47.7 Å². The topological polar surface area (TPSA) is 65.2 Å². The number of benzene rings is 1. The van der Waals surface area contributed by atoms with Gasteiger partial charge in [0, 0.05) is 41.6 Å². The fourth-order valence-electron chi connectivity index (χ4n) is 4.43. The Morgan fingerprint density at radius 2 is 2.00 bits per heavy atom. The van der Waals surface area contributed by atoms with Crippen LogP contribution in [0.15, 0.2) is 35.1 Å². The van der Waals surface area contributed by atoms with Gasteiger partial charge in [0.2, 0.25) is 5.88 Å². The zero-order chi connectivity index (χ0) is 24.7. The Balaban J connectivity index is 1.70. The van der Waals surface area contributed by atoms with Gasteiger partial charge in [-0.3, -0.25) is 0 Å². The van der Waals surface area contributed by atoms with Crippen molar-refractivity contribution < 1.29 is 17.9 Å². The Labute approximate surface area is 206 Å². The normalized spacial score (nSPS) is 18.0. The van der Waals surface area contributed by atoms with Crippen LogP contribution in [0.1, 0.15) is 55.6 Å². The molecule has 2 aromatic heterocycles. The average molecular weight is 502 g/mol. The van der Waals surface area contributed by atoms with E-state index in [1.807, 2.05) is 38.3 Å². The van der Waals surface area contributed by atoms with Gasteiger partial charge in [-0.05, 0) is 62.3 Å². The SMILES string of the molecule is COc1ncnc(C2CC2)c1-c1cc(-c2nc(C(F)(F)F)cn2C(C)C)ccc1CC1C=NSC1. The summed E-state index contributed by atoms with van der Waals surface area (Å²) >= 11 is 1.54. The van der Waals surface area contributed by atoms with E-state index in [9.17, 15) is 13.2 Å². The highest BCUT2D eigenvalue weighted by molar-refractivity contribution is 7.98. The Hall–Kier alpha value is -2.88. The molecule has 0 bridgehead atoms. The number of hydrogen-bond donors (Lipinski definition) is 0. The summed E-state index contributed by atoms with van der Waals surface area (Å²) in [7, 11) is 1.58. The van der Waals surface area contributed by atoms with E-state index in [2.05, 4.69) is 19.3 Å². The summed E-state index contributed by atoms with van der Waals surface area (Å²) in [6.07, 6.45) is 2.88. The van der Waals surface area contributed by atoms with Crippen LogP contribution in [0.2, 0.25) is 0 Å². The van der Waals surface area contributed by atoms with E-state index in [1.54, 1.807) is 11.7 Å². The van der Waals surface area contributed by atoms with Gasteiger partial charge < -0.3 is 9.30 Å². The Morgan fingerprint density at radius 1 is 1.20 bits per heavy atom. The number of ether oxygens (including phenoxy) is 1. The first-order valence-electron chi connectivity index (χ1n) is 11.6. The minimum absolute atomic E-state index is 0.194. The molecular formula is C25H26F3N5OS. The van der Waals surface area contributed by atoms with Gasteiger partial charge in [-0.2, -0.15) is 13.2 Å². The van der Waals surface area contributed by atoms with E-state index in [-0.39, 0.29) is 17.8 Å². The molecule has 0 spiro atoms. The molecule has 10 heteroatoms. The number of aromatic nitrogens is 4. The molecule has 6 nitrogen and oxygen atoms in total. The van der Waals surface area contributed by atoms with Crippen LogP contribution < -0.4 is 4.74 Å². The van der Waals surface area contributed by atoms with Crippen LogP contribution in [0.5, 0.6) is 5.88 Å². The Morgan fingerprint density at radius 3 is 2.63 bits per heavy atom. The van der Waals surface area contributed by atoms with Crippen molar-refractivity contribution in [2.75, 3.05) is 12.9 Å². The van der Waals surface area contributed by atoms with Gasteiger partial charge in [0.25, 0.3) is 0 Å². The fourth-order valence-corrected chi connectivity index (χ4v) is 5.16. The van der Waals surface area contributed by atoms with Crippen molar-refractivity contribution in [2.45, 2.75) is 51.2 Å². The van der Waals surface area contributed by atoms with E-state index in [0.29, 0.717) is 17.4 Å². The molecule has 35 heavy (non-hydrogen) atoms. The van der Waals surface area contributed by atoms with Crippen molar-refractivity contribution >= 4 is 18.2 Å². The standard InChI is InChI=1S/C25H26F3N5OS/c1-14(2)33-11-20(25(26,27)28)32-23(33)18-7-6-17(8-15-10-31-35-12-15)19(9-18)21-22(16-4-5-16)29-13-30-24(21)34-3/h6-7,9-11,13-16H,4-5,8,12H2,1-3H3. The number of nitrogens with zero attached hydrogens (tertiary/aromatic N) is 5. The number of rotatable bonds is 7. The molecule has 1 aliphatic carbocycles. The molecule has 1 unspecified atom stereocenters. The van der Waals surface area contributed by atoms with Crippen LogP contribution in [0.3, 0.4) is 0 Å². The second-order valence-electron chi connectivity index (χ2n) is 9.25. The van der Waals surface area contributed by atoms with Gasteiger partial charge in [-0.25, -0.2) is 19.3 Å². The molecule has 0 saturated heterocycles. The van der Waals surface area contributed by atoms with Crippen LogP contribution in [0.4, 0.5) is 13.2 Å². The summed E-state index contributed by atoms with van der Waals surface area (Å²) in [6, 6.07) is 5.56. The number of hydrogen-bond acceptors (Lipinski definition) is 6. The summed E-state index contributed by atoms with van der Waals surface area (Å²) in [5.41, 5.74) is 3.38. The summed E-state index contributed by atoms with van der Waals surface area (Å²) < 4.78 is 52.1. The third-order valence-corrected chi connectivity index (χ3v) is 7.18. The fraction of sp³-hybridized carbons (Fsp3) is 0.440. The average Bonchev–Trinajstić information content (AvgIpc) is 3.34. The first kappa shape index (κ1) is 23.8. The maximum atomic E-state index is 13.5. The maximum Gasteiger partial charge on any atom is 0.434 e. The largest absolute Gasteiger partial charge is 0.480 e. The predicted molar refractivity (Wildman–Crippen MR) is 131 cm³/mol. The van der Waals surface area contributed by atoms with Gasteiger partial charge in [-0.1, -0.05) is 12.1 Å². The minimum atomic E-state index is -4.52. The Bertz CT molecular complexity index is 1270. The molecule has 1 aromatic carbocycles. The molecular weight excluding hydrogens is 475 g/mol. The van der Waals surface area contributed by atoms with Gasteiger partial charge in [-0.15, -0.1) is 0 Å². The second-order valence-corrected chi connectivity index (χ2v) is 10.1. The van der Waals surface area contributed by atoms with Crippen LogP contribution in [-0.4, -0.2) is 38.6 Å². The quantitative estimate of drug-likeness (QED) is 0.351. The molecule has 2 aliphatic rings. The summed E-state index contributed by atoms with van der Waals surface area (Å²) in [5.74, 6) is 2.25. The molecule has 1 aliphatic heterocycles. The van der Waals surface area contributed by atoms with E-state index in [1.165, 1.54) is 18.3 Å². The highest BCUT2D eigenvalue weighted by Gasteiger charge is 2.36. The van der Waals surface area contributed by atoms with Crippen LogP contribution in [0, 0.1) is 5.92 Å². The van der Waals surface area contributed by atoms with Crippen molar-refractivity contribution in [3.63, 3.8) is 0 Å². The molecule has 0 N–H and O–H groups in total. The van der Waals surface area contributed by atoms with Crippen molar-refractivity contribution in [2.24, 2.45) is 10.3 Å². The highest BCUT2D eigenvalue weighted by Crippen LogP contribution is 2.47. The summed E-state index contributed by atoms with van der Waals surface area (Å²) in [5, 5.41) is 0. The number of halogens is 3. The van der Waals surface area contributed by atoms with E-state index in [4.69, 9.17) is 4.74 Å². The smallest absolute Gasteiger partial charge is 0.434 e. The lowest BCUT2D eigenvalue weighted by Gasteiger charge is -2.19. The molecule has 3 heterocycles. The molecule has 0 radical (unpaired) electrons. The Kier molecular flexibility index (Phi) is 6.33. The molecule has 184 valence electrons. The third kappa shape index (κ3) is 4.80. The minimum Gasteiger partial charge on any atom is -0.480 e. The monoisotopic (exact) mass is 501 g/mol. The molecule has 1 atom stereocenters. The molecule has 0 amide bonds. The van der Waals surface area contributed by atoms with Gasteiger partial charge in [0.05, 0.1) is 18.4 Å². The summed E-state index contributed by atoms with van der Waals surface area (Å²) in [4.78, 5) is 13.0. The lowest BCUT2D eigenvalue weighted by atomic mass is 9.90. The first-order chi connectivity index (χ1) is 16.8. The van der Waals surface area contributed by atoms with Crippen molar-refractivity contribution in [1.82, 2.24) is 19.5 Å². The highest BCUT2D eigenvalue weighted by atomic mass is 32.2. The lowest BCUT2D eigenvalue weighted by Crippen LogP contribution is -2.08. The van der Waals surface area contributed by atoms with Gasteiger partial charge in [0.1, 0.15) is 12.2 Å². The van der Waals surface area contributed by atoms with Crippen LogP contribution in [0.25, 0.3) is 22.5 Å². The number of methoxy groups -OCH3 is 1. The number of alkyl halides is 3. The third-order valence-electron chi connectivity index (χ3n) is 6.33. The molecule has 5 rings (SSSR count). The van der Waals surface area contributed by atoms with Crippen molar-refractivity contribution in [3.8, 4) is 28.4 Å². The summed E-state index contributed by atoms with van der Waals surface area (Å²) in [6.45, 7) is 3.69. The molecule has 1 saturated carbocycles. The van der Waals surface area contributed by atoms with E-state index >= 15 is 0 Å². The first-order valence-corrected chi connectivity index (χ1v) is 12.5. The second kappa shape index (κ2) is 9.29. The zero-order valence-electron chi connectivity index (χ0n) is 19.7. The molecule has 1 fully saturated rings. The van der Waals surface area contributed by atoms with Gasteiger partial charge >= 0.3 is 6.18 Å². The predicted octanol–water partition coefficient (Wildman–Crippen LogP) is 6.38. The van der Waals surface area contributed by atoms with Gasteiger partial charge in [0.15, 0.2) is 5.69 Å². The van der Waals surface area contributed by atoms with E-state index < -0.39 is 11.9 Å². The molecule has 3 aromatic rings. The van der Waals surface area contributed by atoms with Crippen molar-refractivity contribution in [1.29, 1.82) is 0 Å². The van der Waals surface area contributed by atoms with E-state index in [0.717, 1.165) is 53.6 Å². The lowest BCUT2D eigenvalue weighted by molar-refractivity contribution is -0.140. The van der Waals surface area contributed by atoms with Crippen LogP contribution >= 0.6 is 11.9 Å².